The van der Waals surface area contributed by atoms with Crippen molar-refractivity contribution in [3.63, 3.8) is 0 Å². The molecular formula is C8H11BrN4OS. The molecule has 0 fully saturated rings. The van der Waals surface area contributed by atoms with Gasteiger partial charge in [-0.25, -0.2) is 9.97 Å². The Morgan fingerprint density at radius 1 is 1.53 bits per heavy atom. The van der Waals surface area contributed by atoms with Crippen molar-refractivity contribution in [2.45, 2.75) is 0 Å². The average Bonchev–Trinajstić information content (AvgIpc) is 2.22. The molecule has 0 amide bonds. The topological polar surface area (TPSA) is 59.1 Å². The van der Waals surface area contributed by atoms with Gasteiger partial charge in [0.2, 0.25) is 0 Å². The maximum Gasteiger partial charge on any atom is 0.172 e. The first-order valence-electron chi connectivity index (χ1n) is 4.23. The van der Waals surface area contributed by atoms with Crippen LogP contribution in [-0.4, -0.2) is 35.3 Å². The predicted molar refractivity (Wildman–Crippen MR) is 65.8 cm³/mol. The lowest BCUT2D eigenvalue weighted by atomic mass is 10.6. The molecule has 1 heterocycles. The van der Waals surface area contributed by atoms with Crippen LogP contribution >= 0.6 is 28.1 Å². The second-order valence-corrected chi connectivity index (χ2v) is 3.82. The summed E-state index contributed by atoms with van der Waals surface area (Å²) in [5, 5.41) is 6.36. The minimum Gasteiger partial charge on any atom is -0.383 e. The van der Waals surface area contributed by atoms with Crippen LogP contribution in [0.3, 0.4) is 0 Å². The third kappa shape index (κ3) is 5.01. The highest BCUT2D eigenvalue weighted by Gasteiger charge is 1.98. The molecule has 15 heavy (non-hydrogen) atoms. The highest BCUT2D eigenvalue weighted by molar-refractivity contribution is 9.10. The van der Waals surface area contributed by atoms with Crippen molar-refractivity contribution in [1.82, 2.24) is 15.3 Å². The fourth-order valence-electron chi connectivity index (χ4n) is 0.804. The van der Waals surface area contributed by atoms with Crippen LogP contribution in [0.15, 0.2) is 17.0 Å². The summed E-state index contributed by atoms with van der Waals surface area (Å²) < 4.78 is 5.56. The molecule has 0 atom stereocenters. The SMILES string of the molecule is COCCNC(=S)Nc1cnc(Br)cn1. The summed E-state index contributed by atoms with van der Waals surface area (Å²) in [6.07, 6.45) is 3.19. The van der Waals surface area contributed by atoms with Gasteiger partial charge in [0.15, 0.2) is 10.9 Å². The molecule has 0 saturated carbocycles. The van der Waals surface area contributed by atoms with Crippen molar-refractivity contribution in [2.24, 2.45) is 0 Å². The fourth-order valence-corrected chi connectivity index (χ4v) is 1.22. The van der Waals surface area contributed by atoms with Crippen LogP contribution < -0.4 is 10.6 Å². The van der Waals surface area contributed by atoms with Gasteiger partial charge in [-0.2, -0.15) is 0 Å². The van der Waals surface area contributed by atoms with E-state index in [-0.39, 0.29) is 0 Å². The molecule has 82 valence electrons. The number of halogens is 1. The van der Waals surface area contributed by atoms with E-state index in [1.165, 1.54) is 0 Å². The molecule has 0 aromatic carbocycles. The predicted octanol–water partition coefficient (Wildman–Crippen LogP) is 1.17. The Morgan fingerprint density at radius 3 is 2.93 bits per heavy atom. The summed E-state index contributed by atoms with van der Waals surface area (Å²) in [6.45, 7) is 1.26. The lowest BCUT2D eigenvalue weighted by Gasteiger charge is -2.08. The fraction of sp³-hybridized carbons (Fsp3) is 0.375. The van der Waals surface area contributed by atoms with Crippen molar-refractivity contribution in [1.29, 1.82) is 0 Å². The van der Waals surface area contributed by atoms with Crippen LogP contribution in [0.4, 0.5) is 5.82 Å². The molecule has 2 N–H and O–H groups in total. The molecule has 0 bridgehead atoms. The third-order valence-electron chi connectivity index (χ3n) is 1.45. The van der Waals surface area contributed by atoms with Gasteiger partial charge in [-0.15, -0.1) is 0 Å². The van der Waals surface area contributed by atoms with Gasteiger partial charge in [0, 0.05) is 13.7 Å². The summed E-state index contributed by atoms with van der Waals surface area (Å²) in [5.41, 5.74) is 0. The first-order chi connectivity index (χ1) is 7.22. The normalized spacial score (nSPS) is 9.73. The van der Waals surface area contributed by atoms with Gasteiger partial charge in [-0.3, -0.25) is 0 Å². The molecule has 0 aliphatic rings. The van der Waals surface area contributed by atoms with E-state index in [4.69, 9.17) is 17.0 Å². The van der Waals surface area contributed by atoms with Crippen LogP contribution in [0.25, 0.3) is 0 Å². The van der Waals surface area contributed by atoms with Crippen LogP contribution in [0.1, 0.15) is 0 Å². The molecule has 0 aliphatic heterocycles. The molecule has 0 spiro atoms. The smallest absolute Gasteiger partial charge is 0.172 e. The first-order valence-corrected chi connectivity index (χ1v) is 5.44. The zero-order valence-corrected chi connectivity index (χ0v) is 10.6. The minimum atomic E-state index is 0.503. The Labute approximate surface area is 102 Å². The molecule has 1 rings (SSSR count). The van der Waals surface area contributed by atoms with E-state index in [0.717, 1.165) is 0 Å². The molecule has 1 aromatic rings. The number of ether oxygens (including phenoxy) is 1. The highest BCUT2D eigenvalue weighted by Crippen LogP contribution is 2.05. The van der Waals surface area contributed by atoms with Gasteiger partial charge in [0.1, 0.15) is 4.60 Å². The van der Waals surface area contributed by atoms with Crippen molar-refractivity contribution in [2.75, 3.05) is 25.6 Å². The van der Waals surface area contributed by atoms with Crippen molar-refractivity contribution < 1.29 is 4.74 Å². The van der Waals surface area contributed by atoms with Gasteiger partial charge >= 0.3 is 0 Å². The van der Waals surface area contributed by atoms with E-state index in [0.29, 0.717) is 28.7 Å². The largest absolute Gasteiger partial charge is 0.383 e. The summed E-state index contributed by atoms with van der Waals surface area (Å²) in [5.74, 6) is 0.605. The van der Waals surface area contributed by atoms with Crippen LogP contribution in [0.2, 0.25) is 0 Å². The molecular weight excluding hydrogens is 280 g/mol. The number of aromatic nitrogens is 2. The summed E-state index contributed by atoms with van der Waals surface area (Å²) in [6, 6.07) is 0. The van der Waals surface area contributed by atoms with Gasteiger partial charge in [0.05, 0.1) is 19.0 Å². The average molecular weight is 291 g/mol. The van der Waals surface area contributed by atoms with E-state index in [1.54, 1.807) is 19.5 Å². The number of anilines is 1. The molecule has 0 radical (unpaired) electrons. The maximum absolute atomic E-state index is 5.02. The molecule has 0 unspecified atom stereocenters. The van der Waals surface area contributed by atoms with E-state index < -0.39 is 0 Å². The molecule has 7 heteroatoms. The lowest BCUT2D eigenvalue weighted by molar-refractivity contribution is 0.204. The number of hydrogen-bond acceptors (Lipinski definition) is 4. The monoisotopic (exact) mass is 290 g/mol. The summed E-state index contributed by atoms with van der Waals surface area (Å²) >= 11 is 8.22. The second kappa shape index (κ2) is 6.65. The number of thiocarbonyl (C=S) groups is 1. The molecule has 0 saturated heterocycles. The van der Waals surface area contributed by atoms with Crippen LogP contribution in [-0.2, 0) is 4.74 Å². The summed E-state index contributed by atoms with van der Waals surface area (Å²) in [7, 11) is 1.64. The highest BCUT2D eigenvalue weighted by atomic mass is 79.9. The lowest BCUT2D eigenvalue weighted by Crippen LogP contribution is -2.31. The first kappa shape index (κ1) is 12.3. The quantitative estimate of drug-likeness (QED) is 0.641. The standard InChI is InChI=1S/C8H11BrN4OS/c1-14-3-2-10-8(15)13-7-5-11-6(9)4-12-7/h4-5H,2-3H2,1H3,(H2,10,12,13,15). The zero-order valence-electron chi connectivity index (χ0n) is 8.16. The van der Waals surface area contributed by atoms with E-state index >= 15 is 0 Å². The Kier molecular flexibility index (Phi) is 5.44. The van der Waals surface area contributed by atoms with Gasteiger partial charge in [-0.05, 0) is 28.1 Å². The Balaban J connectivity index is 2.34. The van der Waals surface area contributed by atoms with E-state index in [9.17, 15) is 0 Å². The number of methoxy groups -OCH3 is 1. The second-order valence-electron chi connectivity index (χ2n) is 2.60. The maximum atomic E-state index is 5.02. The Morgan fingerprint density at radius 2 is 2.33 bits per heavy atom. The number of hydrogen-bond donors (Lipinski definition) is 2. The molecule has 5 nitrogen and oxygen atoms in total. The van der Waals surface area contributed by atoms with Crippen molar-refractivity contribution >= 4 is 39.1 Å². The zero-order chi connectivity index (χ0) is 11.1. The van der Waals surface area contributed by atoms with Gasteiger partial charge in [0.25, 0.3) is 0 Å². The van der Waals surface area contributed by atoms with Crippen molar-refractivity contribution in [3.8, 4) is 0 Å². The molecule has 0 aliphatic carbocycles. The van der Waals surface area contributed by atoms with Crippen LogP contribution in [0, 0.1) is 0 Å². The number of nitrogens with one attached hydrogen (secondary N) is 2. The summed E-state index contributed by atoms with van der Waals surface area (Å²) in [4.78, 5) is 8.08. The third-order valence-corrected chi connectivity index (χ3v) is 2.11. The van der Waals surface area contributed by atoms with E-state index in [1.807, 2.05) is 0 Å². The molecule has 1 aromatic heterocycles. The van der Waals surface area contributed by atoms with Crippen LogP contribution in [0.5, 0.6) is 0 Å². The minimum absolute atomic E-state index is 0.503. The number of rotatable bonds is 4. The van der Waals surface area contributed by atoms with Gasteiger partial charge < -0.3 is 15.4 Å². The number of nitrogens with zero attached hydrogens (tertiary/aromatic N) is 2. The Hall–Kier alpha value is -0.790. The van der Waals surface area contributed by atoms with Gasteiger partial charge in [-0.1, -0.05) is 0 Å². The van der Waals surface area contributed by atoms with E-state index in [2.05, 4.69) is 36.5 Å². The van der Waals surface area contributed by atoms with Crippen molar-refractivity contribution in [3.05, 3.63) is 17.0 Å². The Bertz CT molecular complexity index is 319.